The number of halogens is 2. The fourth-order valence-electron chi connectivity index (χ4n) is 2.87. The van der Waals surface area contributed by atoms with Crippen molar-refractivity contribution in [1.29, 1.82) is 0 Å². The molecule has 1 aromatic carbocycles. The van der Waals surface area contributed by atoms with Crippen LogP contribution in [0.15, 0.2) is 29.2 Å². The average Bonchev–Trinajstić information content (AvgIpc) is 2.62. The Morgan fingerprint density at radius 3 is 2.48 bits per heavy atom. The van der Waals surface area contributed by atoms with Gasteiger partial charge in [0.1, 0.15) is 11.0 Å². The summed E-state index contributed by atoms with van der Waals surface area (Å²) in [6.07, 6.45) is -0.481. The molecule has 10 heteroatoms. The minimum Gasteiger partial charge on any atom is -0.366 e. The smallest absolute Gasteiger partial charge is 0.253 e. The van der Waals surface area contributed by atoms with Crippen molar-refractivity contribution in [2.24, 2.45) is 0 Å². The van der Waals surface area contributed by atoms with E-state index in [1.54, 1.807) is 23.1 Å². The summed E-state index contributed by atoms with van der Waals surface area (Å²) in [6, 6.07) is 6.39. The average molecular weight is 410 g/mol. The number of morpholine rings is 1. The molecule has 3 rings (SSSR count). The number of hydrogen-bond donors (Lipinski definition) is 1. The highest BCUT2D eigenvalue weighted by atomic mass is 35.5. The number of sulfonamides is 1. The summed E-state index contributed by atoms with van der Waals surface area (Å²) in [5.74, 6) is -0.0861. The van der Waals surface area contributed by atoms with Crippen molar-refractivity contribution in [2.45, 2.75) is 11.0 Å². The molecule has 1 amide bonds. The number of nitrogens with zero attached hydrogens (tertiary/aromatic N) is 2. The maximum Gasteiger partial charge on any atom is 0.253 e. The lowest BCUT2D eigenvalue weighted by atomic mass is 10.2. The van der Waals surface area contributed by atoms with Gasteiger partial charge in [-0.25, -0.2) is 8.42 Å². The van der Waals surface area contributed by atoms with Gasteiger partial charge in [-0.3, -0.25) is 4.79 Å². The van der Waals surface area contributed by atoms with Crippen LogP contribution in [0.25, 0.3) is 0 Å². The van der Waals surface area contributed by atoms with Crippen molar-refractivity contribution in [2.75, 3.05) is 45.9 Å². The summed E-state index contributed by atoms with van der Waals surface area (Å²) < 4.78 is 32.2. The summed E-state index contributed by atoms with van der Waals surface area (Å²) in [5, 5.41) is 3.33. The third-order valence-electron chi connectivity index (χ3n) is 4.21. The number of carbonyl (C=O) groups is 1. The first-order valence-corrected chi connectivity index (χ1v) is 9.68. The van der Waals surface area contributed by atoms with E-state index in [4.69, 9.17) is 16.3 Å². The summed E-state index contributed by atoms with van der Waals surface area (Å²) in [7, 11) is -3.65. The number of rotatable bonds is 3. The van der Waals surface area contributed by atoms with Crippen LogP contribution in [0.3, 0.4) is 0 Å². The second-order valence-electron chi connectivity index (χ2n) is 5.72. The molecule has 2 fully saturated rings. The summed E-state index contributed by atoms with van der Waals surface area (Å²) in [6.45, 7) is 2.95. The van der Waals surface area contributed by atoms with Gasteiger partial charge in [0.2, 0.25) is 10.0 Å². The SMILES string of the molecule is Cl.O=C(C1CNCCO1)N1CCN(S(=O)(=O)c2ccccc2Cl)CC1. The highest BCUT2D eigenvalue weighted by molar-refractivity contribution is 7.89. The first kappa shape index (κ1) is 20.4. The molecule has 1 N–H and O–H groups in total. The zero-order valence-corrected chi connectivity index (χ0v) is 15.9. The van der Waals surface area contributed by atoms with Crippen LogP contribution in [0, 0.1) is 0 Å². The lowest BCUT2D eigenvalue weighted by molar-refractivity contribution is -0.146. The van der Waals surface area contributed by atoms with Crippen LogP contribution in [0.2, 0.25) is 5.02 Å². The van der Waals surface area contributed by atoms with Gasteiger partial charge in [0.05, 0.1) is 11.6 Å². The van der Waals surface area contributed by atoms with Crippen molar-refractivity contribution in [3.63, 3.8) is 0 Å². The third-order valence-corrected chi connectivity index (χ3v) is 6.61. The van der Waals surface area contributed by atoms with Crippen LogP contribution < -0.4 is 5.32 Å². The fourth-order valence-corrected chi connectivity index (χ4v) is 4.78. The minimum atomic E-state index is -3.65. The van der Waals surface area contributed by atoms with Gasteiger partial charge in [0, 0.05) is 39.3 Å². The van der Waals surface area contributed by atoms with Crippen molar-refractivity contribution in [3.8, 4) is 0 Å². The van der Waals surface area contributed by atoms with E-state index in [-0.39, 0.29) is 41.3 Å². The summed E-state index contributed by atoms with van der Waals surface area (Å²) in [4.78, 5) is 14.2. The topological polar surface area (TPSA) is 79.0 Å². The van der Waals surface area contributed by atoms with E-state index < -0.39 is 16.1 Å². The fraction of sp³-hybridized carbons (Fsp3) is 0.533. The van der Waals surface area contributed by atoms with Gasteiger partial charge < -0.3 is 15.0 Å². The molecule has 1 aromatic rings. The van der Waals surface area contributed by atoms with E-state index in [1.165, 1.54) is 10.4 Å². The third kappa shape index (κ3) is 4.45. The number of nitrogens with one attached hydrogen (secondary N) is 1. The Morgan fingerprint density at radius 1 is 1.20 bits per heavy atom. The molecule has 0 saturated carbocycles. The van der Waals surface area contributed by atoms with Gasteiger partial charge >= 0.3 is 0 Å². The van der Waals surface area contributed by atoms with Crippen LogP contribution in [0.5, 0.6) is 0 Å². The number of ether oxygens (including phenoxy) is 1. The number of hydrogen-bond acceptors (Lipinski definition) is 5. The second kappa shape index (κ2) is 8.66. The van der Waals surface area contributed by atoms with Crippen LogP contribution in [0.1, 0.15) is 0 Å². The molecular formula is C15H21Cl2N3O4S. The normalized spacial score (nSPS) is 22.3. The number of piperazine rings is 1. The molecule has 2 aliphatic heterocycles. The van der Waals surface area contributed by atoms with Crippen molar-refractivity contribution in [3.05, 3.63) is 29.3 Å². The molecule has 2 heterocycles. The first-order valence-electron chi connectivity index (χ1n) is 7.86. The van der Waals surface area contributed by atoms with Gasteiger partial charge in [0.25, 0.3) is 5.91 Å². The molecule has 0 radical (unpaired) electrons. The highest BCUT2D eigenvalue weighted by Gasteiger charge is 2.34. The van der Waals surface area contributed by atoms with Crippen LogP contribution in [-0.2, 0) is 19.6 Å². The first-order chi connectivity index (χ1) is 11.5. The molecular weight excluding hydrogens is 389 g/mol. The molecule has 0 aliphatic carbocycles. The maximum atomic E-state index is 12.7. The Bertz CT molecular complexity index is 702. The van der Waals surface area contributed by atoms with Gasteiger partial charge in [-0.05, 0) is 12.1 Å². The summed E-state index contributed by atoms with van der Waals surface area (Å²) >= 11 is 6.01. The van der Waals surface area contributed by atoms with Crippen LogP contribution in [0.4, 0.5) is 0 Å². The quantitative estimate of drug-likeness (QED) is 0.789. The Labute approximate surface area is 158 Å². The Kier molecular flexibility index (Phi) is 7.07. The Morgan fingerprint density at radius 2 is 1.88 bits per heavy atom. The minimum absolute atomic E-state index is 0. The van der Waals surface area contributed by atoms with E-state index in [0.29, 0.717) is 26.2 Å². The van der Waals surface area contributed by atoms with E-state index >= 15 is 0 Å². The molecule has 1 atom stereocenters. The Hall–Kier alpha value is -0.900. The van der Waals surface area contributed by atoms with Crippen molar-refractivity contribution in [1.82, 2.24) is 14.5 Å². The maximum absolute atomic E-state index is 12.7. The van der Waals surface area contributed by atoms with Gasteiger partial charge in [-0.1, -0.05) is 23.7 Å². The predicted molar refractivity (Wildman–Crippen MR) is 96.6 cm³/mol. The predicted octanol–water partition coefficient (Wildman–Crippen LogP) is 0.583. The zero-order valence-electron chi connectivity index (χ0n) is 13.6. The van der Waals surface area contributed by atoms with Gasteiger partial charge in [0.15, 0.2) is 0 Å². The van der Waals surface area contributed by atoms with E-state index in [1.807, 2.05) is 0 Å². The molecule has 25 heavy (non-hydrogen) atoms. The van der Waals surface area contributed by atoms with Gasteiger partial charge in [-0.2, -0.15) is 4.31 Å². The highest BCUT2D eigenvalue weighted by Crippen LogP contribution is 2.25. The molecule has 2 saturated heterocycles. The van der Waals surface area contributed by atoms with Crippen molar-refractivity contribution >= 4 is 39.9 Å². The number of amides is 1. The zero-order chi connectivity index (χ0) is 17.2. The van der Waals surface area contributed by atoms with Gasteiger partial charge in [-0.15, -0.1) is 12.4 Å². The van der Waals surface area contributed by atoms with Crippen LogP contribution >= 0.6 is 24.0 Å². The lowest BCUT2D eigenvalue weighted by Gasteiger charge is -2.36. The Balaban J connectivity index is 0.00000225. The summed E-state index contributed by atoms with van der Waals surface area (Å²) in [5.41, 5.74) is 0. The standard InChI is InChI=1S/C15H20ClN3O4S.ClH/c16-12-3-1-2-4-14(12)24(21,22)19-8-6-18(7-9-19)15(20)13-11-17-5-10-23-13;/h1-4,13,17H,5-11H2;1H. The monoisotopic (exact) mass is 409 g/mol. The van der Waals surface area contributed by atoms with E-state index in [2.05, 4.69) is 5.32 Å². The molecule has 0 bridgehead atoms. The number of carbonyl (C=O) groups excluding carboxylic acids is 1. The molecule has 1 unspecified atom stereocenters. The molecule has 2 aliphatic rings. The molecule has 7 nitrogen and oxygen atoms in total. The van der Waals surface area contributed by atoms with E-state index in [9.17, 15) is 13.2 Å². The molecule has 140 valence electrons. The largest absolute Gasteiger partial charge is 0.366 e. The lowest BCUT2D eigenvalue weighted by Crippen LogP contribution is -2.55. The molecule has 0 aromatic heterocycles. The van der Waals surface area contributed by atoms with Crippen molar-refractivity contribution < 1.29 is 17.9 Å². The van der Waals surface area contributed by atoms with Crippen LogP contribution in [-0.4, -0.2) is 75.5 Å². The molecule has 0 spiro atoms. The second-order valence-corrected chi connectivity index (χ2v) is 8.04. The van der Waals surface area contributed by atoms with E-state index in [0.717, 1.165) is 6.54 Å². The number of benzene rings is 1.